The fraction of sp³-hybridized carbons (Fsp3) is 0.524. The quantitative estimate of drug-likeness (QED) is 0.331. The molecule has 0 saturated heterocycles. The number of aryl methyl sites for hydroxylation is 2. The van der Waals surface area contributed by atoms with Gasteiger partial charge in [-0.05, 0) is 45.7 Å². The van der Waals surface area contributed by atoms with Crippen molar-refractivity contribution in [3.8, 4) is 5.75 Å². The number of hydrogen-bond acceptors (Lipinski definition) is 4. The van der Waals surface area contributed by atoms with Gasteiger partial charge in [0, 0.05) is 31.9 Å². The molecule has 0 radical (unpaired) electrons. The van der Waals surface area contributed by atoms with Crippen LogP contribution in [0.3, 0.4) is 0 Å². The number of nitrogens with zero attached hydrogens (tertiary/aromatic N) is 3. The number of aromatic nitrogens is 2. The summed E-state index contributed by atoms with van der Waals surface area (Å²) in [6, 6.07) is 8.10. The zero-order valence-electron chi connectivity index (χ0n) is 17.4. The van der Waals surface area contributed by atoms with E-state index in [0.29, 0.717) is 12.6 Å². The van der Waals surface area contributed by atoms with Gasteiger partial charge in [-0.1, -0.05) is 17.7 Å². The van der Waals surface area contributed by atoms with Crippen LogP contribution in [0.1, 0.15) is 37.8 Å². The molecule has 7 heteroatoms. The number of guanidine groups is 1. The van der Waals surface area contributed by atoms with Gasteiger partial charge in [-0.2, -0.15) is 5.10 Å². The molecule has 0 aliphatic rings. The maximum Gasteiger partial charge on any atom is 0.191 e. The molecule has 154 valence electrons. The Bertz CT molecular complexity index is 738. The van der Waals surface area contributed by atoms with Gasteiger partial charge in [0.2, 0.25) is 0 Å². The molecule has 28 heavy (non-hydrogen) atoms. The lowest BCUT2D eigenvalue weighted by molar-refractivity contribution is 0.0672. The van der Waals surface area contributed by atoms with Crippen LogP contribution in [0.5, 0.6) is 5.75 Å². The second-order valence-corrected chi connectivity index (χ2v) is 7.17. The molecule has 1 atom stereocenters. The van der Waals surface area contributed by atoms with E-state index in [1.807, 2.05) is 32.3 Å². The molecule has 3 N–H and O–H groups in total. The third kappa shape index (κ3) is 7.23. The third-order valence-corrected chi connectivity index (χ3v) is 4.37. The zero-order valence-corrected chi connectivity index (χ0v) is 17.4. The van der Waals surface area contributed by atoms with Crippen LogP contribution >= 0.6 is 0 Å². The molecule has 0 spiro atoms. The van der Waals surface area contributed by atoms with Gasteiger partial charge in [-0.25, -0.2) is 4.99 Å². The molecule has 0 aliphatic carbocycles. The smallest absolute Gasteiger partial charge is 0.191 e. The highest BCUT2D eigenvalue weighted by Crippen LogP contribution is 2.19. The highest BCUT2D eigenvalue weighted by Gasteiger charge is 2.24. The first kappa shape index (κ1) is 21.8. The summed E-state index contributed by atoms with van der Waals surface area (Å²) in [5.41, 5.74) is 0.926. The number of benzene rings is 1. The number of hydrogen-bond donors (Lipinski definition) is 3. The number of aliphatic hydroxyl groups is 1. The van der Waals surface area contributed by atoms with Crippen LogP contribution < -0.4 is 15.4 Å². The minimum Gasteiger partial charge on any atom is -0.494 e. The Balaban J connectivity index is 1.72. The first-order valence-electron chi connectivity index (χ1n) is 9.84. The standard InChI is InChI=1S/C21H33N5O2/c1-5-22-20(24-16-21(3,27)18-14-25-26(4)15-18)23-12-6-7-13-28-19-10-8-17(2)9-11-19/h8-11,14-15,27H,5-7,12-13,16H2,1-4H3,(H2,22,23,24). The van der Waals surface area contributed by atoms with E-state index in [0.717, 1.165) is 37.2 Å². The number of aliphatic imine (C=N–C) groups is 1. The SMILES string of the molecule is CCNC(=NCC(C)(O)c1cnn(C)c1)NCCCCOc1ccc(C)cc1. The van der Waals surface area contributed by atoms with E-state index >= 15 is 0 Å². The van der Waals surface area contributed by atoms with E-state index in [9.17, 15) is 5.11 Å². The predicted molar refractivity (Wildman–Crippen MR) is 113 cm³/mol. The van der Waals surface area contributed by atoms with Crippen molar-refractivity contribution in [3.63, 3.8) is 0 Å². The van der Waals surface area contributed by atoms with Crippen molar-refractivity contribution in [2.45, 2.75) is 39.2 Å². The van der Waals surface area contributed by atoms with Gasteiger partial charge in [0.25, 0.3) is 0 Å². The molecule has 0 amide bonds. The molecular formula is C21H33N5O2. The maximum atomic E-state index is 10.7. The summed E-state index contributed by atoms with van der Waals surface area (Å²) in [7, 11) is 1.83. The van der Waals surface area contributed by atoms with Gasteiger partial charge in [-0.15, -0.1) is 0 Å². The van der Waals surface area contributed by atoms with E-state index in [-0.39, 0.29) is 6.54 Å². The lowest BCUT2D eigenvalue weighted by Crippen LogP contribution is -2.39. The molecular weight excluding hydrogens is 354 g/mol. The van der Waals surface area contributed by atoms with Crippen LogP contribution in [-0.2, 0) is 12.6 Å². The van der Waals surface area contributed by atoms with E-state index < -0.39 is 5.60 Å². The fourth-order valence-electron chi connectivity index (χ4n) is 2.62. The molecule has 2 aromatic rings. The summed E-state index contributed by atoms with van der Waals surface area (Å²) in [6.45, 7) is 8.33. The van der Waals surface area contributed by atoms with Crippen molar-refractivity contribution in [1.82, 2.24) is 20.4 Å². The molecule has 0 aliphatic heterocycles. The zero-order chi connectivity index (χ0) is 20.4. The minimum atomic E-state index is -1.06. The van der Waals surface area contributed by atoms with E-state index in [1.54, 1.807) is 17.8 Å². The van der Waals surface area contributed by atoms with Crippen LogP contribution in [0.15, 0.2) is 41.7 Å². The Labute approximate surface area is 167 Å². The van der Waals surface area contributed by atoms with Gasteiger partial charge in [0.1, 0.15) is 11.4 Å². The van der Waals surface area contributed by atoms with Crippen LogP contribution in [0.2, 0.25) is 0 Å². The Hall–Kier alpha value is -2.54. The average molecular weight is 388 g/mol. The number of ether oxygens (including phenoxy) is 1. The van der Waals surface area contributed by atoms with Crippen LogP contribution in [0.4, 0.5) is 0 Å². The van der Waals surface area contributed by atoms with Crippen molar-refractivity contribution >= 4 is 5.96 Å². The average Bonchev–Trinajstić information content (AvgIpc) is 3.11. The third-order valence-electron chi connectivity index (χ3n) is 4.37. The Morgan fingerprint density at radius 2 is 2.00 bits per heavy atom. The van der Waals surface area contributed by atoms with E-state index in [2.05, 4.69) is 39.8 Å². The topological polar surface area (TPSA) is 83.7 Å². The summed E-state index contributed by atoms with van der Waals surface area (Å²) >= 11 is 0. The number of unbranched alkanes of at least 4 members (excludes halogenated alkanes) is 1. The molecule has 2 rings (SSSR count). The Kier molecular flexibility index (Phi) is 8.32. The summed E-state index contributed by atoms with van der Waals surface area (Å²) in [6.07, 6.45) is 5.40. The monoisotopic (exact) mass is 387 g/mol. The largest absolute Gasteiger partial charge is 0.494 e. The van der Waals surface area contributed by atoms with Crippen LogP contribution in [-0.4, -0.2) is 47.1 Å². The fourth-order valence-corrected chi connectivity index (χ4v) is 2.62. The molecule has 0 fully saturated rings. The number of nitrogens with one attached hydrogen (secondary N) is 2. The first-order valence-corrected chi connectivity index (χ1v) is 9.84. The summed E-state index contributed by atoms with van der Waals surface area (Å²) in [5, 5.41) is 21.3. The summed E-state index contributed by atoms with van der Waals surface area (Å²) in [4.78, 5) is 4.52. The molecule has 1 heterocycles. The van der Waals surface area contributed by atoms with Crippen molar-refractivity contribution in [2.24, 2.45) is 12.0 Å². The molecule has 1 aromatic heterocycles. The number of rotatable bonds is 10. The van der Waals surface area contributed by atoms with Gasteiger partial charge in [-0.3, -0.25) is 4.68 Å². The van der Waals surface area contributed by atoms with Crippen LogP contribution in [0.25, 0.3) is 0 Å². The summed E-state index contributed by atoms with van der Waals surface area (Å²) in [5.74, 6) is 1.61. The normalized spacial score (nSPS) is 13.8. The van der Waals surface area contributed by atoms with Crippen molar-refractivity contribution in [2.75, 3.05) is 26.2 Å². The molecule has 1 unspecified atom stereocenters. The van der Waals surface area contributed by atoms with Crippen molar-refractivity contribution in [1.29, 1.82) is 0 Å². The first-order chi connectivity index (χ1) is 13.4. The lowest BCUT2D eigenvalue weighted by Gasteiger charge is -2.20. The minimum absolute atomic E-state index is 0.255. The van der Waals surface area contributed by atoms with Gasteiger partial charge < -0.3 is 20.5 Å². The maximum absolute atomic E-state index is 10.7. The Morgan fingerprint density at radius 1 is 1.25 bits per heavy atom. The van der Waals surface area contributed by atoms with Gasteiger partial charge >= 0.3 is 0 Å². The second-order valence-electron chi connectivity index (χ2n) is 7.17. The Morgan fingerprint density at radius 3 is 2.64 bits per heavy atom. The molecule has 0 bridgehead atoms. The van der Waals surface area contributed by atoms with E-state index in [4.69, 9.17) is 4.74 Å². The molecule has 0 saturated carbocycles. The molecule has 1 aromatic carbocycles. The highest BCUT2D eigenvalue weighted by atomic mass is 16.5. The van der Waals surface area contributed by atoms with Gasteiger partial charge in [0.15, 0.2) is 5.96 Å². The summed E-state index contributed by atoms with van der Waals surface area (Å²) < 4.78 is 7.42. The molecule has 7 nitrogen and oxygen atoms in total. The van der Waals surface area contributed by atoms with Crippen LogP contribution in [0, 0.1) is 6.92 Å². The second kappa shape index (κ2) is 10.7. The van der Waals surface area contributed by atoms with Gasteiger partial charge in [0.05, 0.1) is 19.3 Å². The van der Waals surface area contributed by atoms with E-state index in [1.165, 1.54) is 5.56 Å². The van der Waals surface area contributed by atoms with Crippen molar-refractivity contribution < 1.29 is 9.84 Å². The highest BCUT2D eigenvalue weighted by molar-refractivity contribution is 5.79. The van der Waals surface area contributed by atoms with Crippen molar-refractivity contribution in [3.05, 3.63) is 47.8 Å². The lowest BCUT2D eigenvalue weighted by atomic mass is 10.0. The predicted octanol–water partition coefficient (Wildman–Crippen LogP) is 2.35.